The minimum absolute atomic E-state index is 0. The molecular formula is C20H23ClF2N2O2S. The summed E-state index contributed by atoms with van der Waals surface area (Å²) < 4.78 is 28.9. The van der Waals surface area contributed by atoms with Gasteiger partial charge in [-0.15, -0.1) is 23.7 Å². The van der Waals surface area contributed by atoms with Gasteiger partial charge in [0.2, 0.25) is 0 Å². The van der Waals surface area contributed by atoms with Crippen LogP contribution >= 0.6 is 23.7 Å². The van der Waals surface area contributed by atoms with Crippen LogP contribution < -0.4 is 10.1 Å². The molecule has 2 aliphatic rings. The number of amides is 1. The number of hydrogen-bond donors (Lipinski definition) is 1. The molecule has 2 fully saturated rings. The lowest BCUT2D eigenvalue weighted by atomic mass is 9.78. The lowest BCUT2D eigenvalue weighted by molar-refractivity contribution is -0.0498. The van der Waals surface area contributed by atoms with Gasteiger partial charge in [0, 0.05) is 24.5 Å². The van der Waals surface area contributed by atoms with E-state index in [1.54, 1.807) is 12.1 Å². The molecule has 0 radical (unpaired) electrons. The number of hydrogen-bond acceptors (Lipinski definition) is 4. The number of halogens is 3. The van der Waals surface area contributed by atoms with Crippen molar-refractivity contribution in [3.8, 4) is 16.2 Å². The summed E-state index contributed by atoms with van der Waals surface area (Å²) in [6.07, 6.45) is 3.34. The summed E-state index contributed by atoms with van der Waals surface area (Å²) in [6, 6.07) is 10.3. The van der Waals surface area contributed by atoms with E-state index < -0.39 is 6.61 Å². The first-order valence-electron chi connectivity index (χ1n) is 9.20. The van der Waals surface area contributed by atoms with Gasteiger partial charge in [-0.05, 0) is 73.2 Å². The Balaban J connectivity index is 0.00000225. The number of carbonyl (C=O) groups is 1. The Labute approximate surface area is 173 Å². The molecule has 2 aliphatic heterocycles. The van der Waals surface area contributed by atoms with Crippen LogP contribution in [0.1, 0.15) is 28.9 Å². The maximum absolute atomic E-state index is 12.8. The van der Waals surface area contributed by atoms with E-state index in [4.69, 9.17) is 0 Å². The van der Waals surface area contributed by atoms with Crippen molar-refractivity contribution in [2.75, 3.05) is 26.2 Å². The highest BCUT2D eigenvalue weighted by molar-refractivity contribution is 7.17. The SMILES string of the molecule is Cl.O=C(c1ccc(-c2ccc(OC(F)F)cc2)s1)N1CCC2(CCNC2)CC1. The van der Waals surface area contributed by atoms with Gasteiger partial charge in [0.1, 0.15) is 5.75 Å². The number of carbonyl (C=O) groups excluding carboxylic acids is 1. The summed E-state index contributed by atoms with van der Waals surface area (Å²) in [5.74, 6) is 0.218. The first-order chi connectivity index (χ1) is 13.0. The molecule has 0 aliphatic carbocycles. The molecule has 8 heteroatoms. The fraction of sp³-hybridized carbons (Fsp3) is 0.450. The van der Waals surface area contributed by atoms with Crippen LogP contribution in [0.4, 0.5) is 8.78 Å². The predicted octanol–water partition coefficient (Wildman–Crippen LogP) is 4.65. The first-order valence-corrected chi connectivity index (χ1v) is 10.0. The van der Waals surface area contributed by atoms with Crippen molar-refractivity contribution < 1.29 is 18.3 Å². The molecule has 2 aromatic rings. The molecular weight excluding hydrogens is 406 g/mol. The van der Waals surface area contributed by atoms with E-state index in [1.165, 1.54) is 29.9 Å². The zero-order chi connectivity index (χ0) is 18.9. The quantitative estimate of drug-likeness (QED) is 0.770. The highest BCUT2D eigenvalue weighted by atomic mass is 35.5. The molecule has 0 saturated carbocycles. The van der Waals surface area contributed by atoms with Crippen LogP contribution in [-0.2, 0) is 0 Å². The summed E-state index contributed by atoms with van der Waals surface area (Å²) in [5.41, 5.74) is 1.27. The van der Waals surface area contributed by atoms with E-state index in [0.29, 0.717) is 5.41 Å². The second-order valence-corrected chi connectivity index (χ2v) is 8.37. The van der Waals surface area contributed by atoms with Crippen molar-refractivity contribution in [3.05, 3.63) is 41.3 Å². The number of alkyl halides is 2. The molecule has 1 amide bonds. The summed E-state index contributed by atoms with van der Waals surface area (Å²) in [6.45, 7) is 0.957. The van der Waals surface area contributed by atoms with E-state index in [-0.39, 0.29) is 24.1 Å². The number of likely N-dealkylation sites (tertiary alicyclic amines) is 1. The number of thiophene rings is 1. The van der Waals surface area contributed by atoms with Gasteiger partial charge in [-0.2, -0.15) is 8.78 Å². The number of nitrogens with one attached hydrogen (secondary N) is 1. The second-order valence-electron chi connectivity index (χ2n) is 7.29. The molecule has 4 rings (SSSR count). The van der Waals surface area contributed by atoms with Crippen molar-refractivity contribution in [2.24, 2.45) is 5.41 Å². The summed E-state index contributed by atoms with van der Waals surface area (Å²) >= 11 is 1.44. The topological polar surface area (TPSA) is 41.6 Å². The van der Waals surface area contributed by atoms with Gasteiger partial charge >= 0.3 is 6.61 Å². The highest BCUT2D eigenvalue weighted by Crippen LogP contribution is 2.38. The molecule has 0 bridgehead atoms. The minimum atomic E-state index is -2.83. The van der Waals surface area contributed by atoms with Crippen LogP contribution in [-0.4, -0.2) is 43.6 Å². The Bertz CT molecular complexity index is 797. The number of nitrogens with zero attached hydrogens (tertiary/aromatic N) is 1. The fourth-order valence-corrected chi connectivity index (χ4v) is 4.95. The van der Waals surface area contributed by atoms with Gasteiger partial charge in [-0.1, -0.05) is 0 Å². The van der Waals surface area contributed by atoms with Gasteiger partial charge in [-0.25, -0.2) is 0 Å². The van der Waals surface area contributed by atoms with Crippen LogP contribution in [0.3, 0.4) is 0 Å². The van der Waals surface area contributed by atoms with Crippen LogP contribution in [0.15, 0.2) is 36.4 Å². The third kappa shape index (κ3) is 4.47. The maximum atomic E-state index is 12.8. The Kier molecular flexibility index (Phi) is 6.58. The average molecular weight is 429 g/mol. The van der Waals surface area contributed by atoms with Crippen LogP contribution in [0.25, 0.3) is 10.4 Å². The Morgan fingerprint density at radius 1 is 1.11 bits per heavy atom. The van der Waals surface area contributed by atoms with Crippen LogP contribution in [0.2, 0.25) is 0 Å². The van der Waals surface area contributed by atoms with Crippen LogP contribution in [0, 0.1) is 5.41 Å². The molecule has 1 aromatic heterocycles. The number of piperidine rings is 1. The molecule has 1 spiro atoms. The molecule has 2 saturated heterocycles. The van der Waals surface area contributed by atoms with Crippen molar-refractivity contribution in [1.29, 1.82) is 0 Å². The van der Waals surface area contributed by atoms with E-state index in [2.05, 4.69) is 10.1 Å². The standard InChI is InChI=1S/C20H22F2N2O2S.ClH/c21-19(22)26-15-3-1-14(2-4-15)16-5-6-17(27-16)18(25)24-11-8-20(9-12-24)7-10-23-13-20;/h1-6,19,23H,7-13H2;1H. The second kappa shape index (κ2) is 8.76. The smallest absolute Gasteiger partial charge is 0.387 e. The maximum Gasteiger partial charge on any atom is 0.387 e. The van der Waals surface area contributed by atoms with E-state index in [9.17, 15) is 13.6 Å². The summed E-state index contributed by atoms with van der Waals surface area (Å²) in [5, 5.41) is 3.44. The molecule has 3 heterocycles. The van der Waals surface area contributed by atoms with Gasteiger partial charge in [0.05, 0.1) is 4.88 Å². The molecule has 0 atom stereocenters. The number of rotatable bonds is 4. The molecule has 1 N–H and O–H groups in total. The molecule has 4 nitrogen and oxygen atoms in total. The van der Waals surface area contributed by atoms with E-state index >= 15 is 0 Å². The average Bonchev–Trinajstić information content (AvgIpc) is 3.32. The van der Waals surface area contributed by atoms with E-state index in [0.717, 1.165) is 54.3 Å². The van der Waals surface area contributed by atoms with Gasteiger partial charge in [0.15, 0.2) is 0 Å². The largest absolute Gasteiger partial charge is 0.435 e. The molecule has 152 valence electrons. The highest BCUT2D eigenvalue weighted by Gasteiger charge is 2.38. The Morgan fingerprint density at radius 2 is 1.82 bits per heavy atom. The summed E-state index contributed by atoms with van der Waals surface area (Å²) in [7, 11) is 0. The summed E-state index contributed by atoms with van der Waals surface area (Å²) in [4.78, 5) is 16.5. The molecule has 28 heavy (non-hydrogen) atoms. The van der Waals surface area contributed by atoms with Crippen molar-refractivity contribution >= 4 is 29.7 Å². The first kappa shape index (κ1) is 21.0. The predicted molar refractivity (Wildman–Crippen MR) is 109 cm³/mol. The van der Waals surface area contributed by atoms with Crippen molar-refractivity contribution in [3.63, 3.8) is 0 Å². The van der Waals surface area contributed by atoms with Crippen LogP contribution in [0.5, 0.6) is 5.75 Å². The lowest BCUT2D eigenvalue weighted by Crippen LogP contribution is -2.43. The lowest BCUT2D eigenvalue weighted by Gasteiger charge is -2.38. The Morgan fingerprint density at radius 3 is 2.43 bits per heavy atom. The monoisotopic (exact) mass is 428 g/mol. The number of benzene rings is 1. The fourth-order valence-electron chi connectivity index (χ4n) is 3.97. The van der Waals surface area contributed by atoms with Gasteiger partial charge < -0.3 is 15.0 Å². The third-order valence-corrected chi connectivity index (χ3v) is 6.75. The molecule has 0 unspecified atom stereocenters. The molecule has 1 aromatic carbocycles. The zero-order valence-corrected chi connectivity index (χ0v) is 17.0. The van der Waals surface area contributed by atoms with Gasteiger partial charge in [0.25, 0.3) is 5.91 Å². The number of ether oxygens (including phenoxy) is 1. The minimum Gasteiger partial charge on any atom is -0.435 e. The van der Waals surface area contributed by atoms with Crippen molar-refractivity contribution in [1.82, 2.24) is 10.2 Å². The van der Waals surface area contributed by atoms with E-state index in [1.807, 2.05) is 17.0 Å². The van der Waals surface area contributed by atoms with Crippen molar-refractivity contribution in [2.45, 2.75) is 25.9 Å². The third-order valence-electron chi connectivity index (χ3n) is 5.62. The van der Waals surface area contributed by atoms with Gasteiger partial charge in [-0.3, -0.25) is 4.79 Å². The zero-order valence-electron chi connectivity index (χ0n) is 15.3. The Hall–Kier alpha value is -1.70. The normalized spacial score (nSPS) is 18.3.